The molecule has 17 heavy (non-hydrogen) atoms. The first-order valence-corrected chi connectivity index (χ1v) is 7.68. The average Bonchev–Trinajstić information content (AvgIpc) is 2.88. The molecule has 1 aliphatic heterocycles. The van der Waals surface area contributed by atoms with Gasteiger partial charge >= 0.3 is 6.03 Å². The molecular formula is C13H22N2OS. The van der Waals surface area contributed by atoms with Crippen LogP contribution in [0.25, 0.3) is 0 Å². The Balaban J connectivity index is 1.62. The zero-order valence-corrected chi connectivity index (χ0v) is 11.2. The van der Waals surface area contributed by atoms with Gasteiger partial charge in [-0.1, -0.05) is 12.5 Å². The van der Waals surface area contributed by atoms with Crippen molar-refractivity contribution in [1.29, 1.82) is 0 Å². The zero-order valence-electron chi connectivity index (χ0n) is 10.4. The van der Waals surface area contributed by atoms with Crippen molar-refractivity contribution in [3.63, 3.8) is 0 Å². The molecule has 2 amide bonds. The van der Waals surface area contributed by atoms with Crippen LogP contribution in [0.15, 0.2) is 12.7 Å². The molecule has 1 saturated carbocycles. The van der Waals surface area contributed by atoms with Crippen LogP contribution in [0.1, 0.15) is 19.3 Å². The molecule has 2 unspecified atom stereocenters. The number of hydrogen-bond donors (Lipinski definition) is 1. The van der Waals surface area contributed by atoms with Crippen molar-refractivity contribution in [3.05, 3.63) is 12.7 Å². The smallest absolute Gasteiger partial charge is 0.317 e. The molecule has 0 bridgehead atoms. The van der Waals surface area contributed by atoms with Gasteiger partial charge in [-0.3, -0.25) is 0 Å². The SMILES string of the molecule is C=CCSCCNC(=O)N1CC2CCCC2C1. The summed E-state index contributed by atoms with van der Waals surface area (Å²) in [5.41, 5.74) is 0. The summed E-state index contributed by atoms with van der Waals surface area (Å²) in [6.45, 7) is 6.40. The van der Waals surface area contributed by atoms with Gasteiger partial charge in [-0.25, -0.2) is 4.79 Å². The largest absolute Gasteiger partial charge is 0.337 e. The summed E-state index contributed by atoms with van der Waals surface area (Å²) in [7, 11) is 0. The van der Waals surface area contributed by atoms with Crippen molar-refractivity contribution in [2.45, 2.75) is 19.3 Å². The lowest BCUT2D eigenvalue weighted by molar-refractivity contribution is 0.206. The zero-order chi connectivity index (χ0) is 12.1. The molecule has 1 saturated heterocycles. The normalized spacial score (nSPS) is 26.9. The van der Waals surface area contributed by atoms with Crippen LogP contribution in [0.3, 0.4) is 0 Å². The van der Waals surface area contributed by atoms with Gasteiger partial charge in [0.1, 0.15) is 0 Å². The minimum Gasteiger partial charge on any atom is -0.337 e. The highest BCUT2D eigenvalue weighted by Gasteiger charge is 2.37. The van der Waals surface area contributed by atoms with E-state index in [0.717, 1.165) is 43.0 Å². The number of rotatable bonds is 5. The molecule has 0 aromatic carbocycles. The fraction of sp³-hybridized carbons (Fsp3) is 0.769. The molecule has 2 fully saturated rings. The third-order valence-corrected chi connectivity index (χ3v) is 4.74. The maximum absolute atomic E-state index is 11.9. The summed E-state index contributed by atoms with van der Waals surface area (Å²) in [4.78, 5) is 13.9. The highest BCUT2D eigenvalue weighted by Crippen LogP contribution is 2.37. The third-order valence-electron chi connectivity index (χ3n) is 3.77. The molecule has 2 atom stereocenters. The molecule has 4 heteroatoms. The first kappa shape index (κ1) is 12.8. The molecular weight excluding hydrogens is 232 g/mol. The number of thioether (sulfide) groups is 1. The molecule has 0 aromatic heterocycles. The minimum absolute atomic E-state index is 0.138. The van der Waals surface area contributed by atoms with Gasteiger partial charge in [-0.15, -0.1) is 6.58 Å². The Morgan fingerprint density at radius 3 is 2.76 bits per heavy atom. The number of hydrogen-bond acceptors (Lipinski definition) is 2. The highest BCUT2D eigenvalue weighted by molar-refractivity contribution is 7.99. The maximum atomic E-state index is 11.9. The highest BCUT2D eigenvalue weighted by atomic mass is 32.2. The van der Waals surface area contributed by atoms with E-state index in [1.807, 2.05) is 11.0 Å². The Hall–Kier alpha value is -0.640. The van der Waals surface area contributed by atoms with Crippen molar-refractivity contribution < 1.29 is 4.79 Å². The van der Waals surface area contributed by atoms with Crippen molar-refractivity contribution >= 4 is 17.8 Å². The molecule has 1 N–H and O–H groups in total. The predicted octanol–water partition coefficient (Wildman–Crippen LogP) is 2.35. The van der Waals surface area contributed by atoms with Gasteiger partial charge in [0.25, 0.3) is 0 Å². The molecule has 1 heterocycles. The Bertz CT molecular complexity index is 271. The summed E-state index contributed by atoms with van der Waals surface area (Å²) in [6, 6.07) is 0.138. The Kier molecular flexibility index (Phi) is 4.77. The van der Waals surface area contributed by atoms with Crippen LogP contribution in [0, 0.1) is 11.8 Å². The molecule has 96 valence electrons. The van der Waals surface area contributed by atoms with Crippen LogP contribution in [-0.2, 0) is 0 Å². The summed E-state index contributed by atoms with van der Waals surface area (Å²) in [5.74, 6) is 3.51. The molecule has 2 rings (SSSR count). The number of carbonyl (C=O) groups excluding carboxylic acids is 1. The first-order valence-electron chi connectivity index (χ1n) is 6.52. The molecule has 3 nitrogen and oxygen atoms in total. The minimum atomic E-state index is 0.138. The van der Waals surface area contributed by atoms with Crippen LogP contribution >= 0.6 is 11.8 Å². The average molecular weight is 254 g/mol. The number of amides is 2. The van der Waals surface area contributed by atoms with Crippen LogP contribution in [0.5, 0.6) is 0 Å². The Morgan fingerprint density at radius 1 is 1.41 bits per heavy atom. The summed E-state index contributed by atoms with van der Waals surface area (Å²) in [6.07, 6.45) is 5.91. The lowest BCUT2D eigenvalue weighted by Gasteiger charge is -2.17. The topological polar surface area (TPSA) is 32.3 Å². The van der Waals surface area contributed by atoms with Gasteiger partial charge in [0.05, 0.1) is 0 Å². The number of nitrogens with zero attached hydrogens (tertiary/aromatic N) is 1. The van der Waals surface area contributed by atoms with Gasteiger partial charge < -0.3 is 10.2 Å². The Morgan fingerprint density at radius 2 is 2.12 bits per heavy atom. The summed E-state index contributed by atoms with van der Waals surface area (Å²) >= 11 is 1.80. The fourth-order valence-corrected chi connectivity index (χ4v) is 3.49. The van der Waals surface area contributed by atoms with Crippen molar-refractivity contribution in [2.75, 3.05) is 31.1 Å². The molecule has 0 spiro atoms. The number of nitrogens with one attached hydrogen (secondary N) is 1. The van der Waals surface area contributed by atoms with E-state index in [1.165, 1.54) is 19.3 Å². The molecule has 2 aliphatic rings. The van der Waals surface area contributed by atoms with Gasteiger partial charge in [-0.05, 0) is 24.7 Å². The van der Waals surface area contributed by atoms with Crippen LogP contribution in [0.4, 0.5) is 4.79 Å². The number of carbonyl (C=O) groups is 1. The predicted molar refractivity (Wildman–Crippen MR) is 73.3 cm³/mol. The van der Waals surface area contributed by atoms with Crippen molar-refractivity contribution in [3.8, 4) is 0 Å². The standard InChI is InChI=1S/C13H22N2OS/c1-2-7-17-8-6-14-13(16)15-9-11-4-3-5-12(11)10-15/h2,11-12H,1,3-10H2,(H,14,16). The van der Waals surface area contributed by atoms with E-state index in [4.69, 9.17) is 0 Å². The molecule has 1 aliphatic carbocycles. The first-order chi connectivity index (χ1) is 8.31. The summed E-state index contributed by atoms with van der Waals surface area (Å²) in [5, 5.41) is 3.00. The van der Waals surface area contributed by atoms with Crippen LogP contribution in [-0.4, -0.2) is 42.1 Å². The van der Waals surface area contributed by atoms with E-state index in [2.05, 4.69) is 11.9 Å². The van der Waals surface area contributed by atoms with E-state index < -0.39 is 0 Å². The van der Waals surface area contributed by atoms with E-state index >= 15 is 0 Å². The number of likely N-dealkylation sites (tertiary alicyclic amines) is 1. The van der Waals surface area contributed by atoms with E-state index in [-0.39, 0.29) is 6.03 Å². The lowest BCUT2D eigenvalue weighted by Crippen LogP contribution is -2.39. The second-order valence-electron chi connectivity index (χ2n) is 4.95. The van der Waals surface area contributed by atoms with Gasteiger partial charge in [0, 0.05) is 31.1 Å². The second-order valence-corrected chi connectivity index (χ2v) is 6.10. The van der Waals surface area contributed by atoms with Gasteiger partial charge in [-0.2, -0.15) is 11.8 Å². The van der Waals surface area contributed by atoms with Gasteiger partial charge in [0.15, 0.2) is 0 Å². The lowest BCUT2D eigenvalue weighted by atomic mass is 10.0. The van der Waals surface area contributed by atoms with E-state index in [0.29, 0.717) is 0 Å². The fourth-order valence-electron chi connectivity index (χ4n) is 2.91. The quantitative estimate of drug-likeness (QED) is 0.603. The second kappa shape index (κ2) is 6.34. The van der Waals surface area contributed by atoms with Crippen LogP contribution in [0.2, 0.25) is 0 Å². The van der Waals surface area contributed by atoms with E-state index in [9.17, 15) is 4.79 Å². The van der Waals surface area contributed by atoms with Crippen LogP contribution < -0.4 is 5.32 Å². The number of urea groups is 1. The molecule has 0 radical (unpaired) electrons. The number of fused-ring (bicyclic) bond motifs is 1. The van der Waals surface area contributed by atoms with E-state index in [1.54, 1.807) is 11.8 Å². The third kappa shape index (κ3) is 3.41. The summed E-state index contributed by atoms with van der Waals surface area (Å²) < 4.78 is 0. The van der Waals surface area contributed by atoms with Crippen molar-refractivity contribution in [2.24, 2.45) is 11.8 Å². The van der Waals surface area contributed by atoms with Crippen molar-refractivity contribution in [1.82, 2.24) is 10.2 Å². The van der Waals surface area contributed by atoms with Gasteiger partial charge in [0.2, 0.25) is 0 Å². The monoisotopic (exact) mass is 254 g/mol. The maximum Gasteiger partial charge on any atom is 0.317 e. The molecule has 0 aromatic rings. The Labute approximate surface area is 108 Å².